The summed E-state index contributed by atoms with van der Waals surface area (Å²) in [5.41, 5.74) is 1.63. The highest BCUT2D eigenvalue weighted by molar-refractivity contribution is 7.87. The molecule has 116 valence electrons. The Hall–Kier alpha value is -1.39. The average Bonchev–Trinajstić information content (AvgIpc) is 2.37. The Morgan fingerprint density at radius 1 is 1.24 bits per heavy atom. The summed E-state index contributed by atoms with van der Waals surface area (Å²) in [4.78, 5) is 0. The highest BCUT2D eigenvalue weighted by atomic mass is 32.2. The Morgan fingerprint density at radius 3 is 2.57 bits per heavy atom. The molecule has 0 aliphatic rings. The molecule has 1 atom stereocenters. The van der Waals surface area contributed by atoms with Gasteiger partial charge in [-0.1, -0.05) is 24.0 Å². The number of nitrogens with one attached hydrogen (secondary N) is 2. The summed E-state index contributed by atoms with van der Waals surface area (Å²) in [6, 6.07) is 6.85. The second-order valence-corrected chi connectivity index (χ2v) is 6.49. The van der Waals surface area contributed by atoms with E-state index < -0.39 is 10.2 Å². The summed E-state index contributed by atoms with van der Waals surface area (Å²) in [6.45, 7) is 5.34. The van der Waals surface area contributed by atoms with Crippen LogP contribution in [0.15, 0.2) is 24.3 Å². The smallest absolute Gasteiger partial charge is 0.277 e. The van der Waals surface area contributed by atoms with Crippen LogP contribution < -0.4 is 9.44 Å². The monoisotopic (exact) mass is 310 g/mol. The van der Waals surface area contributed by atoms with E-state index in [-0.39, 0.29) is 18.7 Å². The molecule has 0 aliphatic heterocycles. The van der Waals surface area contributed by atoms with Gasteiger partial charge in [-0.05, 0) is 38.5 Å². The van der Waals surface area contributed by atoms with E-state index in [1.165, 1.54) is 0 Å². The van der Waals surface area contributed by atoms with Gasteiger partial charge in [-0.2, -0.15) is 17.9 Å². The SMILES string of the molecule is CC(C)NS(=O)(=O)NC(C)c1cccc(C#CCCO)c1. The van der Waals surface area contributed by atoms with Crippen molar-refractivity contribution < 1.29 is 13.5 Å². The van der Waals surface area contributed by atoms with Gasteiger partial charge >= 0.3 is 0 Å². The molecule has 1 aromatic carbocycles. The first-order chi connectivity index (χ1) is 9.84. The van der Waals surface area contributed by atoms with E-state index in [4.69, 9.17) is 5.11 Å². The van der Waals surface area contributed by atoms with E-state index in [1.807, 2.05) is 24.3 Å². The molecule has 21 heavy (non-hydrogen) atoms. The minimum Gasteiger partial charge on any atom is -0.395 e. The highest BCUT2D eigenvalue weighted by Crippen LogP contribution is 2.14. The summed E-state index contributed by atoms with van der Waals surface area (Å²) in [6.07, 6.45) is 0.421. The lowest BCUT2D eigenvalue weighted by atomic mass is 10.1. The predicted octanol–water partition coefficient (Wildman–Crippen LogP) is 1.31. The van der Waals surface area contributed by atoms with Crippen LogP contribution >= 0.6 is 0 Å². The van der Waals surface area contributed by atoms with Crippen LogP contribution in [0.4, 0.5) is 0 Å². The number of aliphatic hydroxyl groups excluding tert-OH is 1. The molecule has 0 fully saturated rings. The van der Waals surface area contributed by atoms with Gasteiger partial charge in [-0.3, -0.25) is 0 Å². The summed E-state index contributed by atoms with van der Waals surface area (Å²) < 4.78 is 28.7. The van der Waals surface area contributed by atoms with Crippen LogP contribution in [0.1, 0.15) is 44.4 Å². The van der Waals surface area contributed by atoms with E-state index in [2.05, 4.69) is 21.3 Å². The molecule has 1 unspecified atom stereocenters. The zero-order valence-electron chi connectivity index (χ0n) is 12.6. The number of hydrogen-bond acceptors (Lipinski definition) is 3. The summed E-state index contributed by atoms with van der Waals surface area (Å²) in [5.74, 6) is 5.77. The van der Waals surface area contributed by atoms with Crippen molar-refractivity contribution in [2.45, 2.75) is 39.3 Å². The van der Waals surface area contributed by atoms with Crippen molar-refractivity contribution in [3.63, 3.8) is 0 Å². The van der Waals surface area contributed by atoms with Crippen LogP contribution in [-0.4, -0.2) is 26.2 Å². The Labute approximate surface area is 127 Å². The molecule has 0 radical (unpaired) electrons. The van der Waals surface area contributed by atoms with Crippen LogP contribution in [-0.2, 0) is 10.2 Å². The third-order valence-corrected chi connectivity index (χ3v) is 4.02. The second kappa shape index (κ2) is 8.15. The van der Waals surface area contributed by atoms with Crippen molar-refractivity contribution in [2.24, 2.45) is 0 Å². The third-order valence-electron chi connectivity index (χ3n) is 2.58. The first-order valence-corrected chi connectivity index (χ1v) is 8.31. The third kappa shape index (κ3) is 6.74. The molecule has 6 heteroatoms. The lowest BCUT2D eigenvalue weighted by Gasteiger charge is -2.16. The van der Waals surface area contributed by atoms with E-state index in [1.54, 1.807) is 20.8 Å². The Kier molecular flexibility index (Phi) is 6.85. The molecule has 0 aromatic heterocycles. The number of rotatable bonds is 6. The molecule has 1 aromatic rings. The van der Waals surface area contributed by atoms with Gasteiger partial charge < -0.3 is 5.11 Å². The van der Waals surface area contributed by atoms with Gasteiger partial charge in [0.05, 0.1) is 6.61 Å². The second-order valence-electron chi connectivity index (χ2n) is 5.02. The molecular weight excluding hydrogens is 288 g/mol. The molecule has 0 aliphatic carbocycles. The highest BCUT2D eigenvalue weighted by Gasteiger charge is 2.16. The van der Waals surface area contributed by atoms with E-state index in [0.717, 1.165) is 11.1 Å². The van der Waals surface area contributed by atoms with Gasteiger partial charge in [0, 0.05) is 24.1 Å². The molecule has 0 amide bonds. The van der Waals surface area contributed by atoms with E-state index >= 15 is 0 Å². The fourth-order valence-corrected chi connectivity index (χ4v) is 3.04. The Morgan fingerprint density at radius 2 is 1.95 bits per heavy atom. The zero-order valence-corrected chi connectivity index (χ0v) is 13.4. The lowest BCUT2D eigenvalue weighted by molar-refractivity contribution is 0.305. The summed E-state index contributed by atoms with van der Waals surface area (Å²) in [5, 5.41) is 8.70. The zero-order chi connectivity index (χ0) is 15.9. The maximum Gasteiger partial charge on any atom is 0.277 e. The standard InChI is InChI=1S/C15H22N2O3S/c1-12(2)16-21(19,20)17-13(3)15-9-6-8-14(11-15)7-4-5-10-18/h6,8-9,11-13,16-18H,5,10H2,1-3H3. The minimum absolute atomic E-state index is 0.0315. The topological polar surface area (TPSA) is 78.4 Å². The van der Waals surface area contributed by atoms with Crippen molar-refractivity contribution >= 4 is 10.2 Å². The number of benzene rings is 1. The quantitative estimate of drug-likeness (QED) is 0.693. The molecule has 0 heterocycles. The van der Waals surface area contributed by atoms with Crippen molar-refractivity contribution in [3.8, 4) is 11.8 Å². The maximum atomic E-state index is 11.8. The van der Waals surface area contributed by atoms with Crippen LogP contribution in [0, 0.1) is 11.8 Å². The minimum atomic E-state index is -3.53. The molecule has 3 N–H and O–H groups in total. The average molecular weight is 310 g/mol. The maximum absolute atomic E-state index is 11.8. The van der Waals surface area contributed by atoms with E-state index in [9.17, 15) is 8.42 Å². The van der Waals surface area contributed by atoms with Gasteiger partial charge in [0.15, 0.2) is 0 Å². The number of aliphatic hydroxyl groups is 1. The van der Waals surface area contributed by atoms with Crippen LogP contribution in [0.5, 0.6) is 0 Å². The lowest BCUT2D eigenvalue weighted by Crippen LogP contribution is -2.41. The van der Waals surface area contributed by atoms with Gasteiger partial charge in [-0.25, -0.2) is 0 Å². The molecule has 1 rings (SSSR count). The molecule has 0 bridgehead atoms. The first-order valence-electron chi connectivity index (χ1n) is 6.83. The molecule has 0 spiro atoms. The number of hydrogen-bond donors (Lipinski definition) is 3. The van der Waals surface area contributed by atoms with Gasteiger partial charge in [-0.15, -0.1) is 0 Å². The molecule has 5 nitrogen and oxygen atoms in total. The van der Waals surface area contributed by atoms with E-state index in [0.29, 0.717) is 6.42 Å². The van der Waals surface area contributed by atoms with Crippen LogP contribution in [0.2, 0.25) is 0 Å². The van der Waals surface area contributed by atoms with Gasteiger partial charge in [0.25, 0.3) is 10.2 Å². The van der Waals surface area contributed by atoms with Crippen molar-refractivity contribution in [1.29, 1.82) is 0 Å². The van der Waals surface area contributed by atoms with Crippen LogP contribution in [0.3, 0.4) is 0 Å². The van der Waals surface area contributed by atoms with Gasteiger partial charge in [0.1, 0.15) is 0 Å². The molecule has 0 saturated heterocycles. The fraction of sp³-hybridized carbons (Fsp3) is 0.467. The predicted molar refractivity (Wildman–Crippen MR) is 83.8 cm³/mol. The first kappa shape index (κ1) is 17.7. The molecular formula is C15H22N2O3S. The van der Waals surface area contributed by atoms with Crippen LogP contribution in [0.25, 0.3) is 0 Å². The summed E-state index contributed by atoms with van der Waals surface area (Å²) in [7, 11) is -3.53. The van der Waals surface area contributed by atoms with Crippen molar-refractivity contribution in [3.05, 3.63) is 35.4 Å². The largest absolute Gasteiger partial charge is 0.395 e. The van der Waals surface area contributed by atoms with Gasteiger partial charge in [0.2, 0.25) is 0 Å². The van der Waals surface area contributed by atoms with Crippen molar-refractivity contribution in [1.82, 2.24) is 9.44 Å². The van der Waals surface area contributed by atoms with Crippen molar-refractivity contribution in [2.75, 3.05) is 6.61 Å². The Bertz CT molecular complexity index is 615. The normalized spacial score (nSPS) is 12.8. The Balaban J connectivity index is 2.82. The molecule has 0 saturated carbocycles. The summed E-state index contributed by atoms with van der Waals surface area (Å²) >= 11 is 0. The fourth-order valence-electron chi connectivity index (χ4n) is 1.75.